The number of likely N-dealkylation sites (tertiary alicyclic amines) is 2. The van der Waals surface area contributed by atoms with Crippen molar-refractivity contribution in [3.05, 3.63) is 29.8 Å². The van der Waals surface area contributed by atoms with Gasteiger partial charge in [0.15, 0.2) is 0 Å². The number of halogens is 3. The number of piperidine rings is 2. The van der Waals surface area contributed by atoms with E-state index in [1.807, 2.05) is 18.2 Å². The van der Waals surface area contributed by atoms with E-state index in [4.69, 9.17) is 5.73 Å². The van der Waals surface area contributed by atoms with E-state index < -0.39 is 0 Å². The highest BCUT2D eigenvalue weighted by Crippen LogP contribution is 2.31. The standard InChI is InChI=1S/C19H30N4O.3ClH/c1-22-12-8-19(9-13-22,23-10-3-2-4-11-23)15-21-18(24)16-6-5-7-17(20)14-16;;;/h5-7,14H,2-4,8-13,15,20H2,1H3,(H,21,24);3*1H. The summed E-state index contributed by atoms with van der Waals surface area (Å²) < 4.78 is 0. The van der Waals surface area contributed by atoms with Crippen LogP contribution in [0.5, 0.6) is 0 Å². The Morgan fingerprint density at radius 3 is 2.30 bits per heavy atom. The van der Waals surface area contributed by atoms with Crippen molar-refractivity contribution in [3.63, 3.8) is 0 Å². The van der Waals surface area contributed by atoms with Gasteiger partial charge in [-0.05, 0) is 77.1 Å². The van der Waals surface area contributed by atoms with Gasteiger partial charge < -0.3 is 16.0 Å². The number of hydrogen-bond acceptors (Lipinski definition) is 4. The van der Waals surface area contributed by atoms with E-state index in [9.17, 15) is 4.79 Å². The lowest BCUT2D eigenvalue weighted by Crippen LogP contribution is -2.61. The fourth-order valence-corrected chi connectivity index (χ4v) is 4.03. The number of amides is 1. The summed E-state index contributed by atoms with van der Waals surface area (Å²) in [5.74, 6) is -0.0161. The van der Waals surface area contributed by atoms with E-state index in [0.717, 1.165) is 45.6 Å². The molecule has 1 amide bonds. The van der Waals surface area contributed by atoms with Crippen molar-refractivity contribution in [2.45, 2.75) is 37.6 Å². The monoisotopic (exact) mass is 438 g/mol. The molecule has 0 aromatic heterocycles. The number of benzene rings is 1. The van der Waals surface area contributed by atoms with Gasteiger partial charge in [-0.25, -0.2) is 0 Å². The minimum absolute atomic E-state index is 0. The number of carbonyl (C=O) groups is 1. The smallest absolute Gasteiger partial charge is 0.251 e. The highest BCUT2D eigenvalue weighted by molar-refractivity contribution is 5.95. The molecule has 156 valence electrons. The molecule has 8 heteroatoms. The summed E-state index contributed by atoms with van der Waals surface area (Å²) >= 11 is 0. The SMILES string of the molecule is CN1CCC(CNC(=O)c2cccc(N)c2)(N2CCCCC2)CC1.Cl.Cl.Cl. The molecule has 2 aliphatic rings. The minimum atomic E-state index is -0.0161. The maximum Gasteiger partial charge on any atom is 0.251 e. The van der Waals surface area contributed by atoms with Gasteiger partial charge in [-0.3, -0.25) is 9.69 Å². The number of rotatable bonds is 4. The Morgan fingerprint density at radius 2 is 1.70 bits per heavy atom. The number of carbonyl (C=O) groups excluding carboxylic acids is 1. The Bertz CT molecular complexity index is 574. The predicted octanol–water partition coefficient (Wildman–Crippen LogP) is 3.21. The van der Waals surface area contributed by atoms with Crippen molar-refractivity contribution in [2.75, 3.05) is 45.5 Å². The lowest BCUT2D eigenvalue weighted by molar-refractivity contribution is 0.0145. The number of hydrogen-bond donors (Lipinski definition) is 2. The van der Waals surface area contributed by atoms with E-state index in [-0.39, 0.29) is 48.7 Å². The number of nitrogens with two attached hydrogens (primary N) is 1. The molecule has 2 fully saturated rings. The normalized spacial score (nSPS) is 19.7. The van der Waals surface area contributed by atoms with E-state index in [0.29, 0.717) is 11.3 Å². The number of nitrogens with zero attached hydrogens (tertiary/aromatic N) is 2. The van der Waals surface area contributed by atoms with Crippen LogP contribution < -0.4 is 11.1 Å². The molecule has 0 unspecified atom stereocenters. The quantitative estimate of drug-likeness (QED) is 0.707. The average Bonchev–Trinajstić information content (AvgIpc) is 2.62. The van der Waals surface area contributed by atoms with Gasteiger partial charge in [0.25, 0.3) is 5.91 Å². The number of nitrogen functional groups attached to an aromatic ring is 1. The summed E-state index contributed by atoms with van der Waals surface area (Å²) in [6, 6.07) is 7.22. The third kappa shape index (κ3) is 6.68. The summed E-state index contributed by atoms with van der Waals surface area (Å²) in [5, 5.41) is 3.19. The predicted molar refractivity (Wildman–Crippen MR) is 120 cm³/mol. The molecule has 0 bridgehead atoms. The first kappa shape index (κ1) is 26.3. The topological polar surface area (TPSA) is 61.6 Å². The van der Waals surface area contributed by atoms with Crippen LogP contribution in [-0.4, -0.2) is 61.0 Å². The van der Waals surface area contributed by atoms with E-state index >= 15 is 0 Å². The van der Waals surface area contributed by atoms with Crippen LogP contribution in [0.15, 0.2) is 24.3 Å². The van der Waals surface area contributed by atoms with Crippen LogP contribution in [0.1, 0.15) is 42.5 Å². The van der Waals surface area contributed by atoms with Gasteiger partial charge in [0.1, 0.15) is 0 Å². The Morgan fingerprint density at radius 1 is 1.07 bits per heavy atom. The third-order valence-electron chi connectivity index (χ3n) is 5.67. The van der Waals surface area contributed by atoms with Crippen LogP contribution in [0.3, 0.4) is 0 Å². The van der Waals surface area contributed by atoms with Gasteiger partial charge in [-0.2, -0.15) is 0 Å². The summed E-state index contributed by atoms with van der Waals surface area (Å²) in [6.07, 6.45) is 6.14. The zero-order valence-electron chi connectivity index (χ0n) is 16.0. The fourth-order valence-electron chi connectivity index (χ4n) is 4.03. The summed E-state index contributed by atoms with van der Waals surface area (Å²) in [7, 11) is 2.19. The first-order valence-electron chi connectivity index (χ1n) is 9.16. The van der Waals surface area contributed by atoms with E-state index in [1.165, 1.54) is 19.3 Å². The van der Waals surface area contributed by atoms with Gasteiger partial charge in [0.2, 0.25) is 0 Å². The van der Waals surface area contributed by atoms with Crippen LogP contribution >= 0.6 is 37.2 Å². The first-order chi connectivity index (χ1) is 11.6. The molecule has 0 aliphatic carbocycles. The van der Waals surface area contributed by atoms with Crippen LogP contribution in [0.25, 0.3) is 0 Å². The largest absolute Gasteiger partial charge is 0.399 e. The molecular weight excluding hydrogens is 407 g/mol. The molecule has 3 N–H and O–H groups in total. The van der Waals surface area contributed by atoms with Gasteiger partial charge in [-0.1, -0.05) is 12.5 Å². The molecule has 5 nitrogen and oxygen atoms in total. The molecule has 0 radical (unpaired) electrons. The zero-order chi connectivity index (χ0) is 17.0. The minimum Gasteiger partial charge on any atom is -0.399 e. The molecule has 0 saturated carbocycles. The Kier molecular flexibility index (Phi) is 11.7. The molecule has 1 aromatic rings. The second-order valence-corrected chi connectivity index (χ2v) is 7.38. The summed E-state index contributed by atoms with van der Waals surface area (Å²) in [4.78, 5) is 17.6. The van der Waals surface area contributed by atoms with Crippen molar-refractivity contribution < 1.29 is 4.79 Å². The first-order valence-corrected chi connectivity index (χ1v) is 9.16. The Labute approximate surface area is 181 Å². The van der Waals surface area contributed by atoms with E-state index in [1.54, 1.807) is 6.07 Å². The van der Waals surface area contributed by atoms with Crippen LogP contribution in [-0.2, 0) is 0 Å². The fraction of sp³-hybridized carbons (Fsp3) is 0.632. The van der Waals surface area contributed by atoms with Gasteiger partial charge in [-0.15, -0.1) is 37.2 Å². The van der Waals surface area contributed by atoms with Crippen molar-refractivity contribution in [1.29, 1.82) is 0 Å². The highest BCUT2D eigenvalue weighted by atomic mass is 35.5. The van der Waals surface area contributed by atoms with Crippen LogP contribution in [0.2, 0.25) is 0 Å². The molecule has 3 rings (SSSR count). The van der Waals surface area contributed by atoms with Gasteiger partial charge in [0.05, 0.1) is 0 Å². The molecule has 1 aromatic carbocycles. The van der Waals surface area contributed by atoms with E-state index in [2.05, 4.69) is 22.2 Å². The summed E-state index contributed by atoms with van der Waals surface area (Å²) in [5.41, 5.74) is 7.20. The highest BCUT2D eigenvalue weighted by Gasteiger charge is 2.39. The van der Waals surface area contributed by atoms with Crippen LogP contribution in [0.4, 0.5) is 5.69 Å². The maximum atomic E-state index is 12.5. The molecule has 0 spiro atoms. The number of nitrogens with one attached hydrogen (secondary N) is 1. The molecule has 2 heterocycles. The number of anilines is 1. The lowest BCUT2D eigenvalue weighted by Gasteiger charge is -2.50. The third-order valence-corrected chi connectivity index (χ3v) is 5.67. The van der Waals surface area contributed by atoms with Gasteiger partial charge in [0, 0.05) is 23.3 Å². The second kappa shape index (κ2) is 12.0. The Hall–Kier alpha value is -0.720. The van der Waals surface area contributed by atoms with Gasteiger partial charge >= 0.3 is 0 Å². The molecule has 2 aliphatic heterocycles. The maximum absolute atomic E-state index is 12.5. The second-order valence-electron chi connectivity index (χ2n) is 7.38. The van der Waals surface area contributed by atoms with Crippen LogP contribution in [0, 0.1) is 0 Å². The molecular formula is C19H33Cl3N4O. The summed E-state index contributed by atoms with van der Waals surface area (Å²) in [6.45, 7) is 5.26. The van der Waals surface area contributed by atoms with Crippen molar-refractivity contribution in [2.24, 2.45) is 0 Å². The van der Waals surface area contributed by atoms with Crippen molar-refractivity contribution in [1.82, 2.24) is 15.1 Å². The Balaban J connectivity index is 0.00000225. The molecule has 0 atom stereocenters. The van der Waals surface area contributed by atoms with Crippen molar-refractivity contribution >= 4 is 48.8 Å². The average molecular weight is 440 g/mol. The molecule has 2 saturated heterocycles. The van der Waals surface area contributed by atoms with Crippen molar-refractivity contribution in [3.8, 4) is 0 Å². The molecule has 27 heavy (non-hydrogen) atoms. The lowest BCUT2D eigenvalue weighted by atomic mass is 9.84. The zero-order valence-corrected chi connectivity index (χ0v) is 18.4.